The molecule has 0 saturated carbocycles. The predicted octanol–water partition coefficient (Wildman–Crippen LogP) is 2.73. The summed E-state index contributed by atoms with van der Waals surface area (Å²) in [6, 6.07) is 9.15. The Morgan fingerprint density at radius 1 is 1.25 bits per heavy atom. The number of nitriles is 1. The van der Waals surface area contributed by atoms with Crippen molar-refractivity contribution in [2.45, 2.75) is 19.8 Å². The molecule has 0 unspecified atom stereocenters. The van der Waals surface area contributed by atoms with Crippen LogP contribution in [-0.4, -0.2) is 17.1 Å². The molecule has 1 heterocycles. The molecule has 0 fully saturated rings. The Morgan fingerprint density at radius 2 is 2.00 bits per heavy atom. The number of anilines is 1. The van der Waals surface area contributed by atoms with Crippen LogP contribution in [0, 0.1) is 11.3 Å². The van der Waals surface area contributed by atoms with E-state index in [-0.39, 0.29) is 11.5 Å². The Labute approximate surface area is 118 Å². The van der Waals surface area contributed by atoms with Crippen molar-refractivity contribution in [1.82, 2.24) is 9.97 Å². The molecule has 2 rings (SSSR count). The summed E-state index contributed by atoms with van der Waals surface area (Å²) in [4.78, 5) is 8.37. The summed E-state index contributed by atoms with van der Waals surface area (Å²) in [6.45, 7) is 4.17. The molecule has 0 aliphatic heterocycles. The maximum Gasteiger partial charge on any atom is 0.162 e. The number of rotatable bonds is 3. The van der Waals surface area contributed by atoms with Crippen molar-refractivity contribution >= 4 is 5.82 Å². The number of nitrogens with two attached hydrogens (primary N) is 1. The van der Waals surface area contributed by atoms with Gasteiger partial charge in [0.05, 0.1) is 7.11 Å². The number of ether oxygens (including phenoxy) is 1. The fourth-order valence-electron chi connectivity index (χ4n) is 1.98. The van der Waals surface area contributed by atoms with E-state index in [1.165, 1.54) is 6.07 Å². The third kappa shape index (κ3) is 2.69. The summed E-state index contributed by atoms with van der Waals surface area (Å²) in [5.74, 6) is 1.87. The van der Waals surface area contributed by atoms with Gasteiger partial charge < -0.3 is 10.5 Å². The highest BCUT2D eigenvalue weighted by Gasteiger charge is 2.11. The minimum Gasteiger partial charge on any atom is -0.496 e. The van der Waals surface area contributed by atoms with Gasteiger partial charge in [0.1, 0.15) is 23.3 Å². The molecule has 2 aromatic rings. The van der Waals surface area contributed by atoms with Crippen molar-refractivity contribution in [2.75, 3.05) is 12.8 Å². The minimum atomic E-state index is 0.259. The lowest BCUT2D eigenvalue weighted by Gasteiger charge is -2.13. The van der Waals surface area contributed by atoms with Gasteiger partial charge in [0.2, 0.25) is 0 Å². The van der Waals surface area contributed by atoms with E-state index >= 15 is 0 Å². The maximum absolute atomic E-state index is 8.94. The van der Waals surface area contributed by atoms with E-state index in [9.17, 15) is 0 Å². The van der Waals surface area contributed by atoms with Crippen LogP contribution in [0.15, 0.2) is 24.3 Å². The van der Waals surface area contributed by atoms with E-state index in [1.54, 1.807) is 7.11 Å². The quantitative estimate of drug-likeness (QED) is 0.925. The molecular weight excluding hydrogens is 252 g/mol. The van der Waals surface area contributed by atoms with Crippen molar-refractivity contribution in [3.63, 3.8) is 0 Å². The highest BCUT2D eigenvalue weighted by Crippen LogP contribution is 2.30. The summed E-state index contributed by atoms with van der Waals surface area (Å²) >= 11 is 0. The van der Waals surface area contributed by atoms with Gasteiger partial charge in [-0.05, 0) is 29.7 Å². The first-order chi connectivity index (χ1) is 9.55. The van der Waals surface area contributed by atoms with Crippen LogP contribution in [0.4, 0.5) is 5.82 Å². The SMILES string of the molecule is COc1ccc(-c2nc(N)cc(C#N)n2)cc1C(C)C. The molecule has 0 aliphatic carbocycles. The summed E-state index contributed by atoms with van der Waals surface area (Å²) in [7, 11) is 1.64. The fraction of sp³-hybridized carbons (Fsp3) is 0.267. The molecule has 0 aliphatic rings. The van der Waals surface area contributed by atoms with Gasteiger partial charge in [0.25, 0.3) is 0 Å². The Hall–Kier alpha value is -2.61. The molecule has 0 atom stereocenters. The van der Waals surface area contributed by atoms with Crippen LogP contribution in [0.25, 0.3) is 11.4 Å². The number of hydrogen-bond donors (Lipinski definition) is 1. The molecule has 5 heteroatoms. The lowest BCUT2D eigenvalue weighted by atomic mass is 9.99. The first-order valence-electron chi connectivity index (χ1n) is 6.28. The molecule has 102 valence electrons. The predicted molar refractivity (Wildman–Crippen MR) is 77.2 cm³/mol. The van der Waals surface area contributed by atoms with Crippen molar-refractivity contribution < 1.29 is 4.74 Å². The van der Waals surface area contributed by atoms with Gasteiger partial charge in [-0.1, -0.05) is 13.8 Å². The Kier molecular flexibility index (Phi) is 3.85. The van der Waals surface area contributed by atoms with Crippen LogP contribution >= 0.6 is 0 Å². The zero-order valence-electron chi connectivity index (χ0n) is 11.7. The molecule has 0 amide bonds. The number of nitrogen functional groups attached to an aromatic ring is 1. The van der Waals surface area contributed by atoms with Gasteiger partial charge in [0, 0.05) is 11.6 Å². The number of benzene rings is 1. The molecule has 20 heavy (non-hydrogen) atoms. The molecule has 0 spiro atoms. The van der Waals surface area contributed by atoms with Gasteiger partial charge in [0.15, 0.2) is 5.82 Å². The number of methoxy groups -OCH3 is 1. The molecular formula is C15H16N4O. The van der Waals surface area contributed by atoms with E-state index in [4.69, 9.17) is 15.7 Å². The number of aromatic nitrogens is 2. The van der Waals surface area contributed by atoms with Crippen LogP contribution in [0.5, 0.6) is 5.75 Å². The van der Waals surface area contributed by atoms with Gasteiger partial charge in [-0.15, -0.1) is 0 Å². The highest BCUT2D eigenvalue weighted by atomic mass is 16.5. The second-order valence-corrected chi connectivity index (χ2v) is 4.72. The maximum atomic E-state index is 8.94. The smallest absolute Gasteiger partial charge is 0.162 e. The van der Waals surface area contributed by atoms with E-state index in [0.717, 1.165) is 16.9 Å². The Balaban J connectivity index is 2.56. The molecule has 1 aromatic carbocycles. The van der Waals surface area contributed by atoms with Crippen molar-refractivity contribution in [3.05, 3.63) is 35.5 Å². The van der Waals surface area contributed by atoms with Crippen LogP contribution in [0.1, 0.15) is 31.0 Å². The fourth-order valence-corrected chi connectivity index (χ4v) is 1.98. The molecule has 0 saturated heterocycles. The average molecular weight is 268 g/mol. The number of nitrogens with zero attached hydrogens (tertiary/aromatic N) is 3. The van der Waals surface area contributed by atoms with Crippen LogP contribution in [0.3, 0.4) is 0 Å². The van der Waals surface area contributed by atoms with Gasteiger partial charge in [-0.25, -0.2) is 9.97 Å². The standard InChI is InChI=1S/C15H16N4O/c1-9(2)12-6-10(4-5-13(12)20-3)15-18-11(8-16)7-14(17)19-15/h4-7,9H,1-3H3,(H2,17,18,19). The van der Waals surface area contributed by atoms with Crippen molar-refractivity contribution in [1.29, 1.82) is 5.26 Å². The van der Waals surface area contributed by atoms with E-state index in [0.29, 0.717) is 11.7 Å². The summed E-state index contributed by atoms with van der Waals surface area (Å²) in [5, 5.41) is 8.94. The van der Waals surface area contributed by atoms with E-state index < -0.39 is 0 Å². The number of hydrogen-bond acceptors (Lipinski definition) is 5. The largest absolute Gasteiger partial charge is 0.496 e. The van der Waals surface area contributed by atoms with Crippen LogP contribution in [-0.2, 0) is 0 Å². The normalized spacial score (nSPS) is 10.3. The van der Waals surface area contributed by atoms with Gasteiger partial charge in [-0.2, -0.15) is 5.26 Å². The van der Waals surface area contributed by atoms with Crippen molar-refractivity contribution in [2.24, 2.45) is 0 Å². The lowest BCUT2D eigenvalue weighted by Crippen LogP contribution is -2.00. The zero-order valence-corrected chi connectivity index (χ0v) is 11.7. The molecule has 5 nitrogen and oxygen atoms in total. The van der Waals surface area contributed by atoms with Crippen LogP contribution < -0.4 is 10.5 Å². The van der Waals surface area contributed by atoms with Crippen LogP contribution in [0.2, 0.25) is 0 Å². The first-order valence-corrected chi connectivity index (χ1v) is 6.28. The molecule has 2 N–H and O–H groups in total. The average Bonchev–Trinajstić information content (AvgIpc) is 2.45. The molecule has 0 bridgehead atoms. The monoisotopic (exact) mass is 268 g/mol. The lowest BCUT2D eigenvalue weighted by molar-refractivity contribution is 0.407. The van der Waals surface area contributed by atoms with E-state index in [1.807, 2.05) is 24.3 Å². The molecule has 0 radical (unpaired) electrons. The zero-order chi connectivity index (χ0) is 14.7. The first kappa shape index (κ1) is 13.8. The Bertz CT molecular complexity index is 674. The topological polar surface area (TPSA) is 84.8 Å². The highest BCUT2D eigenvalue weighted by molar-refractivity contribution is 5.61. The summed E-state index contributed by atoms with van der Waals surface area (Å²) in [5.41, 5.74) is 7.84. The van der Waals surface area contributed by atoms with E-state index in [2.05, 4.69) is 23.8 Å². The van der Waals surface area contributed by atoms with Gasteiger partial charge >= 0.3 is 0 Å². The summed E-state index contributed by atoms with van der Waals surface area (Å²) < 4.78 is 5.35. The second-order valence-electron chi connectivity index (χ2n) is 4.72. The Morgan fingerprint density at radius 3 is 2.60 bits per heavy atom. The summed E-state index contributed by atoms with van der Waals surface area (Å²) in [6.07, 6.45) is 0. The van der Waals surface area contributed by atoms with Crippen molar-refractivity contribution in [3.8, 4) is 23.2 Å². The second kappa shape index (κ2) is 5.57. The van der Waals surface area contributed by atoms with Gasteiger partial charge in [-0.3, -0.25) is 0 Å². The third-order valence-electron chi connectivity index (χ3n) is 2.97. The third-order valence-corrected chi connectivity index (χ3v) is 2.97. The minimum absolute atomic E-state index is 0.259. The molecule has 1 aromatic heterocycles.